The molecule has 0 fully saturated rings. The Labute approximate surface area is 105 Å². The van der Waals surface area contributed by atoms with Crippen LogP contribution in [0.5, 0.6) is 0 Å². The van der Waals surface area contributed by atoms with Gasteiger partial charge in [0, 0.05) is 17.3 Å². The summed E-state index contributed by atoms with van der Waals surface area (Å²) in [5, 5.41) is 5.55. The van der Waals surface area contributed by atoms with Gasteiger partial charge in [0.25, 0.3) is 0 Å². The van der Waals surface area contributed by atoms with E-state index in [1.165, 1.54) is 10.8 Å². The molecule has 0 spiro atoms. The fourth-order valence-electron chi connectivity index (χ4n) is 1.82. The number of aromatic amines is 1. The van der Waals surface area contributed by atoms with E-state index < -0.39 is 0 Å². The largest absolute Gasteiger partial charge is 0.346 e. The molecule has 2 nitrogen and oxygen atoms in total. The van der Waals surface area contributed by atoms with Crippen LogP contribution in [0.4, 0.5) is 0 Å². The minimum atomic E-state index is 0.295. The molecular weight excluding hydrogens is 319 g/mol. The third kappa shape index (κ3) is 1.65. The molecule has 0 saturated carbocycles. The molecule has 76 valence electrons. The molecule has 1 aliphatic rings. The van der Waals surface area contributed by atoms with Crippen LogP contribution in [0, 0.1) is 0 Å². The van der Waals surface area contributed by atoms with E-state index in [1.807, 2.05) is 6.20 Å². The molecule has 0 bridgehead atoms. The summed E-state index contributed by atoms with van der Waals surface area (Å²) < 4.78 is 0.295. The zero-order valence-corrected chi connectivity index (χ0v) is 10.8. The predicted molar refractivity (Wildman–Crippen MR) is 70.9 cm³/mol. The average molecular weight is 328 g/mol. The van der Waals surface area contributed by atoms with Crippen LogP contribution in [0.1, 0.15) is 11.5 Å². The number of hydrogen-bond acceptors (Lipinski definition) is 2. The quantitative estimate of drug-likeness (QED) is 0.471. The molecule has 15 heavy (non-hydrogen) atoms. The first kappa shape index (κ1) is 9.59. The Kier molecular flexibility index (Phi) is 2.40. The summed E-state index contributed by atoms with van der Waals surface area (Å²) in [6.45, 7) is 0. The van der Waals surface area contributed by atoms with Crippen molar-refractivity contribution in [3.8, 4) is 0 Å². The molecule has 0 saturated heterocycles. The van der Waals surface area contributed by atoms with E-state index >= 15 is 0 Å². The molecule has 2 atom stereocenters. The summed E-state index contributed by atoms with van der Waals surface area (Å²) in [7, 11) is 0. The zero-order valence-electron chi connectivity index (χ0n) is 7.85. The second-order valence-electron chi connectivity index (χ2n) is 3.53. The SMILES string of the molecule is IC1N=c2[nH]ccc2=CC1c1ccsc1. The Morgan fingerprint density at radius 2 is 2.33 bits per heavy atom. The Bertz CT molecular complexity index is 570. The van der Waals surface area contributed by atoms with Crippen molar-refractivity contribution in [3.63, 3.8) is 0 Å². The van der Waals surface area contributed by atoms with Crippen LogP contribution in [-0.4, -0.2) is 9.03 Å². The molecule has 0 amide bonds. The van der Waals surface area contributed by atoms with Gasteiger partial charge in [0.1, 0.15) is 9.54 Å². The maximum absolute atomic E-state index is 4.65. The highest BCUT2D eigenvalue weighted by atomic mass is 127. The van der Waals surface area contributed by atoms with E-state index in [-0.39, 0.29) is 0 Å². The Morgan fingerprint density at radius 1 is 1.40 bits per heavy atom. The Balaban J connectivity index is 2.15. The lowest BCUT2D eigenvalue weighted by atomic mass is 10.0. The molecule has 3 heterocycles. The van der Waals surface area contributed by atoms with Crippen molar-refractivity contribution in [3.05, 3.63) is 45.4 Å². The maximum atomic E-state index is 4.65. The van der Waals surface area contributed by atoms with Gasteiger partial charge in [-0.3, -0.25) is 4.99 Å². The van der Waals surface area contributed by atoms with E-state index in [4.69, 9.17) is 0 Å². The lowest BCUT2D eigenvalue weighted by molar-refractivity contribution is 0.806. The monoisotopic (exact) mass is 328 g/mol. The number of aromatic nitrogens is 1. The fourth-order valence-corrected chi connectivity index (χ4v) is 3.42. The molecule has 0 aliphatic carbocycles. The molecule has 0 aromatic carbocycles. The first-order valence-corrected chi connectivity index (χ1v) is 6.93. The average Bonchev–Trinajstić information content (AvgIpc) is 2.85. The smallest absolute Gasteiger partial charge is 0.133 e. The number of hydrogen-bond donors (Lipinski definition) is 1. The van der Waals surface area contributed by atoms with Gasteiger partial charge in [0.2, 0.25) is 0 Å². The summed E-state index contributed by atoms with van der Waals surface area (Å²) in [6.07, 6.45) is 4.25. The van der Waals surface area contributed by atoms with E-state index in [0.717, 1.165) is 5.49 Å². The van der Waals surface area contributed by atoms with Crippen molar-refractivity contribution in [2.24, 2.45) is 4.99 Å². The predicted octanol–water partition coefficient (Wildman–Crippen LogP) is 2.03. The van der Waals surface area contributed by atoms with Crippen LogP contribution >= 0.6 is 33.9 Å². The van der Waals surface area contributed by atoms with Crippen LogP contribution in [-0.2, 0) is 0 Å². The molecule has 1 N–H and O–H groups in total. The summed E-state index contributed by atoms with van der Waals surface area (Å²) >= 11 is 4.15. The van der Waals surface area contributed by atoms with Crippen molar-refractivity contribution >= 4 is 40.0 Å². The molecule has 0 radical (unpaired) electrons. The zero-order chi connectivity index (χ0) is 10.3. The minimum absolute atomic E-state index is 0.295. The van der Waals surface area contributed by atoms with Crippen LogP contribution in [0.15, 0.2) is 34.1 Å². The number of thiophene rings is 1. The summed E-state index contributed by atoms with van der Waals surface area (Å²) in [5.41, 5.74) is 2.39. The molecule has 1 aliphatic heterocycles. The first-order chi connectivity index (χ1) is 7.34. The number of H-pyrrole nitrogens is 1. The summed E-state index contributed by atoms with van der Waals surface area (Å²) in [4.78, 5) is 7.80. The van der Waals surface area contributed by atoms with Crippen LogP contribution in [0.2, 0.25) is 0 Å². The molecule has 4 heteroatoms. The summed E-state index contributed by atoms with van der Waals surface area (Å²) in [6, 6.07) is 4.27. The number of nitrogens with zero attached hydrogens (tertiary/aromatic N) is 1. The molecule has 2 unspecified atom stereocenters. The summed E-state index contributed by atoms with van der Waals surface area (Å²) in [5.74, 6) is 0.417. The minimum Gasteiger partial charge on any atom is -0.346 e. The molecular formula is C11H9IN2S. The van der Waals surface area contributed by atoms with Crippen molar-refractivity contribution in [1.29, 1.82) is 0 Å². The van der Waals surface area contributed by atoms with Gasteiger partial charge in [-0.1, -0.05) is 28.7 Å². The second kappa shape index (κ2) is 3.75. The third-order valence-electron chi connectivity index (χ3n) is 2.59. The van der Waals surface area contributed by atoms with E-state index in [0.29, 0.717) is 9.97 Å². The Hall–Kier alpha value is -0.620. The van der Waals surface area contributed by atoms with Gasteiger partial charge in [-0.15, -0.1) is 0 Å². The van der Waals surface area contributed by atoms with E-state index in [2.05, 4.69) is 61.5 Å². The highest BCUT2D eigenvalue weighted by molar-refractivity contribution is 14.1. The normalized spacial score (nSPS) is 24.1. The van der Waals surface area contributed by atoms with Gasteiger partial charge in [-0.25, -0.2) is 0 Å². The van der Waals surface area contributed by atoms with Gasteiger partial charge in [-0.05, 0) is 28.5 Å². The topological polar surface area (TPSA) is 28.1 Å². The number of alkyl halides is 1. The standard InChI is InChI=1S/C11H9IN2S/c12-10-9(8-2-4-15-6-8)5-7-1-3-13-11(7)14-10/h1-6,9-10H,(H,13,14). The number of fused-ring (bicyclic) bond motifs is 1. The van der Waals surface area contributed by atoms with Crippen molar-refractivity contribution in [2.45, 2.75) is 9.97 Å². The lowest BCUT2D eigenvalue weighted by Gasteiger charge is -2.16. The second-order valence-corrected chi connectivity index (χ2v) is 5.59. The van der Waals surface area contributed by atoms with Gasteiger partial charge in [-0.2, -0.15) is 11.3 Å². The molecule has 2 aromatic rings. The molecule has 3 rings (SSSR count). The highest BCUT2D eigenvalue weighted by Gasteiger charge is 2.20. The van der Waals surface area contributed by atoms with Crippen LogP contribution in [0.25, 0.3) is 6.08 Å². The fraction of sp³-hybridized carbons (Fsp3) is 0.182. The number of rotatable bonds is 1. The van der Waals surface area contributed by atoms with E-state index in [1.54, 1.807) is 11.3 Å². The van der Waals surface area contributed by atoms with E-state index in [9.17, 15) is 0 Å². The number of halogens is 1. The third-order valence-corrected chi connectivity index (χ3v) is 4.35. The Morgan fingerprint density at radius 3 is 3.13 bits per heavy atom. The highest BCUT2D eigenvalue weighted by Crippen LogP contribution is 2.29. The van der Waals surface area contributed by atoms with Crippen LogP contribution < -0.4 is 10.7 Å². The van der Waals surface area contributed by atoms with Gasteiger partial charge in [0.05, 0.1) is 0 Å². The van der Waals surface area contributed by atoms with Crippen molar-refractivity contribution in [2.75, 3.05) is 0 Å². The maximum Gasteiger partial charge on any atom is 0.133 e. The molecule has 2 aromatic heterocycles. The lowest BCUT2D eigenvalue weighted by Crippen LogP contribution is -2.31. The van der Waals surface area contributed by atoms with Gasteiger partial charge >= 0.3 is 0 Å². The van der Waals surface area contributed by atoms with Gasteiger partial charge in [0.15, 0.2) is 0 Å². The number of nitrogens with one attached hydrogen (secondary N) is 1. The van der Waals surface area contributed by atoms with Crippen molar-refractivity contribution in [1.82, 2.24) is 4.98 Å². The van der Waals surface area contributed by atoms with Crippen molar-refractivity contribution < 1.29 is 0 Å². The first-order valence-electron chi connectivity index (χ1n) is 4.74. The van der Waals surface area contributed by atoms with Crippen LogP contribution in [0.3, 0.4) is 0 Å². The van der Waals surface area contributed by atoms with Gasteiger partial charge < -0.3 is 4.98 Å².